The first kappa shape index (κ1) is 13.9. The summed E-state index contributed by atoms with van der Waals surface area (Å²) in [6.07, 6.45) is 3.74. The van der Waals surface area contributed by atoms with Crippen LogP contribution in [0.25, 0.3) is 0 Å². The summed E-state index contributed by atoms with van der Waals surface area (Å²) >= 11 is 6.11. The molecule has 0 amide bonds. The van der Waals surface area contributed by atoms with E-state index in [0.717, 1.165) is 6.54 Å². The molecule has 1 unspecified atom stereocenters. The molecule has 0 fully saturated rings. The number of nitrogens with zero attached hydrogens (tertiary/aromatic N) is 5. The molecule has 102 valence electrons. The molecule has 0 bridgehead atoms. The smallest absolute Gasteiger partial charge is 0.124 e. The zero-order valence-electron chi connectivity index (χ0n) is 10.9. The van der Waals surface area contributed by atoms with Crippen molar-refractivity contribution in [1.29, 1.82) is 0 Å². The molecule has 6 nitrogen and oxygen atoms in total. The van der Waals surface area contributed by atoms with Gasteiger partial charge in [0.15, 0.2) is 0 Å². The van der Waals surface area contributed by atoms with Crippen LogP contribution in [0.1, 0.15) is 17.4 Å². The van der Waals surface area contributed by atoms with Crippen molar-refractivity contribution < 1.29 is 5.11 Å². The lowest BCUT2D eigenvalue weighted by Crippen LogP contribution is -2.21. The van der Waals surface area contributed by atoms with Gasteiger partial charge in [0, 0.05) is 18.3 Å². The Morgan fingerprint density at radius 2 is 2.16 bits per heavy atom. The summed E-state index contributed by atoms with van der Waals surface area (Å²) in [5, 5.41) is 22.5. The molecule has 2 heterocycles. The van der Waals surface area contributed by atoms with Gasteiger partial charge in [0.2, 0.25) is 0 Å². The summed E-state index contributed by atoms with van der Waals surface area (Å²) in [6, 6.07) is 1.71. The molecule has 0 saturated heterocycles. The third kappa shape index (κ3) is 3.28. The number of hydrogen-bond donors (Lipinski definition) is 1. The second kappa shape index (κ2) is 6.10. The minimum Gasteiger partial charge on any atom is -0.382 e. The molecule has 0 aliphatic rings. The van der Waals surface area contributed by atoms with Crippen molar-refractivity contribution in [3.8, 4) is 0 Å². The lowest BCUT2D eigenvalue weighted by molar-refractivity contribution is 0.205. The van der Waals surface area contributed by atoms with Crippen LogP contribution in [0.4, 0.5) is 0 Å². The van der Waals surface area contributed by atoms with Gasteiger partial charge in [-0.2, -0.15) is 15.3 Å². The van der Waals surface area contributed by atoms with Crippen molar-refractivity contribution in [2.75, 3.05) is 20.6 Å². The van der Waals surface area contributed by atoms with Gasteiger partial charge >= 0.3 is 0 Å². The van der Waals surface area contributed by atoms with Crippen LogP contribution in [0.5, 0.6) is 0 Å². The Morgan fingerprint density at radius 1 is 1.37 bits per heavy atom. The molecule has 7 heteroatoms. The van der Waals surface area contributed by atoms with Gasteiger partial charge in [0.1, 0.15) is 6.10 Å². The van der Waals surface area contributed by atoms with Gasteiger partial charge in [-0.15, -0.1) is 0 Å². The predicted molar refractivity (Wildman–Crippen MR) is 71.9 cm³/mol. The highest BCUT2D eigenvalue weighted by molar-refractivity contribution is 6.31. The Morgan fingerprint density at radius 3 is 2.79 bits per heavy atom. The van der Waals surface area contributed by atoms with Gasteiger partial charge in [-0.05, 0) is 20.2 Å². The summed E-state index contributed by atoms with van der Waals surface area (Å²) in [6.45, 7) is 1.47. The average molecular weight is 282 g/mol. The summed E-state index contributed by atoms with van der Waals surface area (Å²) in [5.41, 5.74) is 1.22. The molecule has 0 aromatic carbocycles. The molecule has 1 atom stereocenters. The van der Waals surface area contributed by atoms with E-state index in [2.05, 4.69) is 15.3 Å². The van der Waals surface area contributed by atoms with Crippen molar-refractivity contribution in [3.05, 3.63) is 40.9 Å². The largest absolute Gasteiger partial charge is 0.382 e. The van der Waals surface area contributed by atoms with Crippen LogP contribution >= 0.6 is 11.6 Å². The maximum atomic E-state index is 10.4. The Bertz CT molecular complexity index is 528. The quantitative estimate of drug-likeness (QED) is 0.885. The Balaban J connectivity index is 2.26. The van der Waals surface area contributed by atoms with Crippen LogP contribution in [-0.2, 0) is 6.54 Å². The van der Waals surface area contributed by atoms with E-state index in [-0.39, 0.29) is 0 Å². The van der Waals surface area contributed by atoms with Crippen molar-refractivity contribution in [2.45, 2.75) is 12.6 Å². The van der Waals surface area contributed by atoms with Crippen molar-refractivity contribution in [1.82, 2.24) is 24.9 Å². The molecule has 0 radical (unpaired) electrons. The van der Waals surface area contributed by atoms with E-state index in [1.165, 1.54) is 12.4 Å². The van der Waals surface area contributed by atoms with E-state index in [1.807, 2.05) is 19.0 Å². The normalized spacial score (nSPS) is 12.9. The van der Waals surface area contributed by atoms with Crippen molar-refractivity contribution in [2.24, 2.45) is 0 Å². The highest BCUT2D eigenvalue weighted by Gasteiger charge is 2.20. The zero-order chi connectivity index (χ0) is 13.8. The van der Waals surface area contributed by atoms with Gasteiger partial charge in [-0.3, -0.25) is 4.68 Å². The highest BCUT2D eigenvalue weighted by atomic mass is 35.5. The fraction of sp³-hybridized carbons (Fsp3) is 0.417. The molecule has 0 aliphatic carbocycles. The van der Waals surface area contributed by atoms with Crippen LogP contribution in [0.2, 0.25) is 5.02 Å². The standard InChI is InChI=1S/C12H16ClN5O/c1-17(2)5-6-18-11(10(13)8-16-18)12(19)9-3-4-14-15-7-9/h3-4,7-8,12,19H,5-6H2,1-2H3. The Kier molecular flexibility index (Phi) is 4.47. The molecule has 1 N–H and O–H groups in total. The van der Waals surface area contributed by atoms with E-state index >= 15 is 0 Å². The van der Waals surface area contributed by atoms with E-state index in [0.29, 0.717) is 22.8 Å². The second-order valence-corrected chi connectivity index (χ2v) is 4.89. The Hall–Kier alpha value is -1.50. The average Bonchev–Trinajstić information content (AvgIpc) is 2.78. The van der Waals surface area contributed by atoms with Gasteiger partial charge in [-0.1, -0.05) is 11.6 Å². The number of aliphatic hydroxyl groups excluding tert-OH is 1. The second-order valence-electron chi connectivity index (χ2n) is 4.48. The van der Waals surface area contributed by atoms with Crippen molar-refractivity contribution >= 4 is 11.6 Å². The molecular weight excluding hydrogens is 266 g/mol. The maximum absolute atomic E-state index is 10.4. The van der Waals surface area contributed by atoms with Crippen LogP contribution in [-0.4, -0.2) is 50.6 Å². The number of aromatic nitrogens is 4. The third-order valence-corrected chi connectivity index (χ3v) is 3.07. The van der Waals surface area contributed by atoms with Gasteiger partial charge in [0.25, 0.3) is 0 Å². The van der Waals surface area contributed by atoms with Crippen LogP contribution in [0, 0.1) is 0 Å². The van der Waals surface area contributed by atoms with Gasteiger partial charge < -0.3 is 10.0 Å². The molecule has 0 aliphatic heterocycles. The van der Waals surface area contributed by atoms with Crippen LogP contribution in [0.15, 0.2) is 24.7 Å². The number of halogens is 1. The van der Waals surface area contributed by atoms with Crippen LogP contribution < -0.4 is 0 Å². The summed E-state index contributed by atoms with van der Waals surface area (Å²) in [4.78, 5) is 2.04. The highest BCUT2D eigenvalue weighted by Crippen LogP contribution is 2.27. The molecule has 2 rings (SSSR count). The zero-order valence-corrected chi connectivity index (χ0v) is 11.6. The molecular formula is C12H16ClN5O. The SMILES string of the molecule is CN(C)CCn1ncc(Cl)c1C(O)c1ccnnc1. The molecule has 0 spiro atoms. The van der Waals surface area contributed by atoms with E-state index in [9.17, 15) is 5.11 Å². The van der Waals surface area contributed by atoms with E-state index in [4.69, 9.17) is 11.6 Å². The Labute approximate surface area is 116 Å². The third-order valence-electron chi connectivity index (χ3n) is 2.77. The van der Waals surface area contributed by atoms with E-state index in [1.54, 1.807) is 16.9 Å². The van der Waals surface area contributed by atoms with Gasteiger partial charge in [-0.25, -0.2) is 0 Å². The summed E-state index contributed by atoms with van der Waals surface area (Å²) in [7, 11) is 3.96. The molecule has 0 saturated carbocycles. The maximum Gasteiger partial charge on any atom is 0.124 e. The molecule has 19 heavy (non-hydrogen) atoms. The fourth-order valence-electron chi connectivity index (χ4n) is 1.74. The first-order valence-corrected chi connectivity index (χ1v) is 6.28. The minimum absolute atomic E-state index is 0.447. The van der Waals surface area contributed by atoms with Crippen molar-refractivity contribution in [3.63, 3.8) is 0 Å². The first-order chi connectivity index (χ1) is 9.09. The van der Waals surface area contributed by atoms with Crippen LogP contribution in [0.3, 0.4) is 0 Å². The molecule has 2 aromatic rings. The fourth-order valence-corrected chi connectivity index (χ4v) is 1.98. The minimum atomic E-state index is -0.854. The van der Waals surface area contributed by atoms with E-state index < -0.39 is 6.10 Å². The monoisotopic (exact) mass is 281 g/mol. The number of rotatable bonds is 5. The molecule has 2 aromatic heterocycles. The number of likely N-dealkylation sites (N-methyl/N-ethyl adjacent to an activating group) is 1. The number of hydrogen-bond acceptors (Lipinski definition) is 5. The van der Waals surface area contributed by atoms with Gasteiger partial charge in [0.05, 0.1) is 29.7 Å². The topological polar surface area (TPSA) is 67.1 Å². The summed E-state index contributed by atoms with van der Waals surface area (Å²) < 4.78 is 1.72. The summed E-state index contributed by atoms with van der Waals surface area (Å²) in [5.74, 6) is 0. The lowest BCUT2D eigenvalue weighted by Gasteiger charge is -2.15. The lowest BCUT2D eigenvalue weighted by atomic mass is 10.1. The first-order valence-electron chi connectivity index (χ1n) is 5.90. The number of aliphatic hydroxyl groups is 1. The predicted octanol–water partition coefficient (Wildman–Crippen LogP) is 0.970.